The number of nitrogens with zero attached hydrogens (tertiary/aromatic N) is 2. The second-order valence-electron chi connectivity index (χ2n) is 5.41. The minimum absolute atomic E-state index is 0.0399. The molecule has 1 aliphatic rings. The zero-order valence-electron chi connectivity index (χ0n) is 13.6. The summed E-state index contributed by atoms with van der Waals surface area (Å²) in [5.74, 6) is -0.977. The van der Waals surface area contributed by atoms with Gasteiger partial charge in [0.2, 0.25) is 18.6 Å². The average molecular weight is 391 g/mol. The van der Waals surface area contributed by atoms with E-state index in [0.29, 0.717) is 17.1 Å². The van der Waals surface area contributed by atoms with Crippen molar-refractivity contribution in [2.45, 2.75) is 5.22 Å². The first kappa shape index (κ1) is 17.3. The Morgan fingerprint density at radius 1 is 1.07 bits per heavy atom. The van der Waals surface area contributed by atoms with Gasteiger partial charge in [0.15, 0.2) is 23.1 Å². The fraction of sp³-hybridized carbons (Fsp3) is 0.118. The molecule has 0 atom stereocenters. The summed E-state index contributed by atoms with van der Waals surface area (Å²) < 4.78 is 42.1. The Morgan fingerprint density at radius 3 is 2.78 bits per heavy atom. The maximum atomic E-state index is 13.1. The molecule has 1 amide bonds. The Bertz CT molecular complexity index is 1010. The van der Waals surface area contributed by atoms with E-state index in [2.05, 4.69) is 15.5 Å². The van der Waals surface area contributed by atoms with Crippen LogP contribution in [0.15, 0.2) is 46.0 Å². The highest BCUT2D eigenvalue weighted by atomic mass is 32.2. The van der Waals surface area contributed by atoms with Gasteiger partial charge in [-0.05, 0) is 30.3 Å². The molecular weight excluding hydrogens is 380 g/mol. The molecule has 0 aliphatic carbocycles. The molecule has 2 heterocycles. The number of carbonyl (C=O) groups is 1. The van der Waals surface area contributed by atoms with Gasteiger partial charge >= 0.3 is 0 Å². The van der Waals surface area contributed by atoms with Gasteiger partial charge in [0.05, 0.1) is 5.75 Å². The van der Waals surface area contributed by atoms with Gasteiger partial charge in [-0.1, -0.05) is 11.8 Å². The van der Waals surface area contributed by atoms with E-state index in [1.165, 1.54) is 6.07 Å². The predicted octanol–water partition coefficient (Wildman–Crippen LogP) is 3.47. The number of anilines is 1. The lowest BCUT2D eigenvalue weighted by molar-refractivity contribution is -0.113. The molecule has 3 aromatic rings. The van der Waals surface area contributed by atoms with Gasteiger partial charge in [0, 0.05) is 17.3 Å². The van der Waals surface area contributed by atoms with Crippen LogP contribution in [-0.2, 0) is 4.79 Å². The first-order valence-electron chi connectivity index (χ1n) is 7.70. The van der Waals surface area contributed by atoms with Gasteiger partial charge in [-0.3, -0.25) is 4.79 Å². The van der Waals surface area contributed by atoms with E-state index in [0.717, 1.165) is 23.9 Å². The molecule has 27 heavy (non-hydrogen) atoms. The van der Waals surface area contributed by atoms with E-state index in [4.69, 9.17) is 13.9 Å². The van der Waals surface area contributed by atoms with Crippen LogP contribution < -0.4 is 14.8 Å². The molecule has 0 radical (unpaired) electrons. The second kappa shape index (κ2) is 7.23. The van der Waals surface area contributed by atoms with E-state index in [1.807, 2.05) is 0 Å². The minimum atomic E-state index is -1.04. The maximum Gasteiger partial charge on any atom is 0.277 e. The summed E-state index contributed by atoms with van der Waals surface area (Å²) >= 11 is 1.02. The predicted molar refractivity (Wildman–Crippen MR) is 91.6 cm³/mol. The third kappa shape index (κ3) is 3.85. The Labute approximate surface area is 155 Å². The van der Waals surface area contributed by atoms with Crippen molar-refractivity contribution in [2.75, 3.05) is 17.9 Å². The molecule has 0 bridgehead atoms. The van der Waals surface area contributed by atoms with Crippen LogP contribution >= 0.6 is 11.8 Å². The van der Waals surface area contributed by atoms with E-state index in [1.54, 1.807) is 18.2 Å². The first-order chi connectivity index (χ1) is 13.1. The number of hydrogen-bond acceptors (Lipinski definition) is 7. The fourth-order valence-electron chi connectivity index (χ4n) is 2.31. The Hall–Kier alpha value is -3.14. The van der Waals surface area contributed by atoms with Crippen molar-refractivity contribution in [2.24, 2.45) is 0 Å². The van der Waals surface area contributed by atoms with Crippen LogP contribution in [0.4, 0.5) is 14.5 Å². The highest BCUT2D eigenvalue weighted by Gasteiger charge is 2.17. The topological polar surface area (TPSA) is 86.5 Å². The molecule has 0 saturated heterocycles. The smallest absolute Gasteiger partial charge is 0.277 e. The molecule has 0 unspecified atom stereocenters. The van der Waals surface area contributed by atoms with E-state index < -0.39 is 17.5 Å². The molecule has 138 valence electrons. The largest absolute Gasteiger partial charge is 0.454 e. The first-order valence-corrected chi connectivity index (χ1v) is 8.68. The lowest BCUT2D eigenvalue weighted by atomic mass is 10.2. The van der Waals surface area contributed by atoms with E-state index in [9.17, 15) is 13.6 Å². The number of fused-ring (bicyclic) bond motifs is 1. The van der Waals surface area contributed by atoms with Crippen molar-refractivity contribution >= 4 is 23.4 Å². The van der Waals surface area contributed by atoms with Crippen LogP contribution in [0.2, 0.25) is 0 Å². The number of rotatable bonds is 5. The number of benzene rings is 2. The summed E-state index contributed by atoms with van der Waals surface area (Å²) in [7, 11) is 0. The van der Waals surface area contributed by atoms with Gasteiger partial charge in [0.1, 0.15) is 0 Å². The lowest BCUT2D eigenvalue weighted by Gasteiger charge is -2.04. The number of ether oxygens (including phenoxy) is 2. The summed E-state index contributed by atoms with van der Waals surface area (Å²) in [5, 5.41) is 10.5. The van der Waals surface area contributed by atoms with Crippen LogP contribution in [0.3, 0.4) is 0 Å². The SMILES string of the molecule is O=C(CSc1nnc(-c2ccc3c(c2)OCO3)o1)Nc1ccc(F)c(F)c1. The lowest BCUT2D eigenvalue weighted by Crippen LogP contribution is -2.14. The normalized spacial score (nSPS) is 12.2. The summed E-state index contributed by atoms with van der Waals surface area (Å²) in [6, 6.07) is 8.33. The number of amides is 1. The molecule has 2 aromatic carbocycles. The summed E-state index contributed by atoms with van der Waals surface area (Å²) in [4.78, 5) is 11.9. The molecule has 1 aromatic heterocycles. The van der Waals surface area contributed by atoms with Crippen molar-refractivity contribution < 1.29 is 27.5 Å². The van der Waals surface area contributed by atoms with E-state index in [-0.39, 0.29) is 29.3 Å². The van der Waals surface area contributed by atoms with E-state index >= 15 is 0 Å². The number of carbonyl (C=O) groups excluding carboxylic acids is 1. The molecule has 4 rings (SSSR count). The molecule has 10 heteroatoms. The Morgan fingerprint density at radius 2 is 1.93 bits per heavy atom. The van der Waals surface area contributed by atoms with Gasteiger partial charge in [-0.15, -0.1) is 10.2 Å². The van der Waals surface area contributed by atoms with Crippen molar-refractivity contribution in [3.05, 3.63) is 48.0 Å². The Kier molecular flexibility index (Phi) is 4.63. The standard InChI is InChI=1S/C17H11F2N3O4S/c18-11-3-2-10(6-12(11)19)20-15(23)7-27-17-22-21-16(26-17)9-1-4-13-14(5-9)25-8-24-13/h1-6H,7-8H2,(H,20,23). The summed E-state index contributed by atoms with van der Waals surface area (Å²) in [6.07, 6.45) is 0. The average Bonchev–Trinajstić information content (AvgIpc) is 3.31. The van der Waals surface area contributed by atoms with Crippen LogP contribution in [0.1, 0.15) is 0 Å². The zero-order valence-corrected chi connectivity index (χ0v) is 14.4. The van der Waals surface area contributed by atoms with Crippen LogP contribution in [-0.4, -0.2) is 28.7 Å². The number of hydrogen-bond donors (Lipinski definition) is 1. The monoisotopic (exact) mass is 391 g/mol. The van der Waals surface area contributed by atoms with Crippen molar-refractivity contribution in [1.29, 1.82) is 0 Å². The van der Waals surface area contributed by atoms with Crippen LogP contribution in [0, 0.1) is 11.6 Å². The molecule has 0 fully saturated rings. The fourth-order valence-corrected chi connectivity index (χ4v) is 2.88. The minimum Gasteiger partial charge on any atom is -0.454 e. The molecule has 1 aliphatic heterocycles. The molecule has 0 spiro atoms. The van der Waals surface area contributed by atoms with Crippen molar-refractivity contribution in [3.8, 4) is 23.0 Å². The Balaban J connectivity index is 1.36. The van der Waals surface area contributed by atoms with Crippen LogP contribution in [0.25, 0.3) is 11.5 Å². The highest BCUT2D eigenvalue weighted by molar-refractivity contribution is 7.99. The highest BCUT2D eigenvalue weighted by Crippen LogP contribution is 2.36. The number of thioether (sulfide) groups is 1. The quantitative estimate of drug-likeness (QED) is 0.667. The third-order valence-electron chi connectivity index (χ3n) is 3.56. The number of nitrogens with one attached hydrogen (secondary N) is 1. The second-order valence-corrected chi connectivity index (χ2v) is 6.33. The van der Waals surface area contributed by atoms with Gasteiger partial charge in [0.25, 0.3) is 5.22 Å². The molecule has 7 nitrogen and oxygen atoms in total. The zero-order chi connectivity index (χ0) is 18.8. The summed E-state index contributed by atoms with van der Waals surface area (Å²) in [5.41, 5.74) is 0.816. The maximum absolute atomic E-state index is 13.1. The third-order valence-corrected chi connectivity index (χ3v) is 4.37. The van der Waals surface area contributed by atoms with Crippen molar-refractivity contribution in [3.63, 3.8) is 0 Å². The number of aromatic nitrogens is 2. The van der Waals surface area contributed by atoms with Crippen molar-refractivity contribution in [1.82, 2.24) is 10.2 Å². The van der Waals surface area contributed by atoms with Gasteiger partial charge in [-0.2, -0.15) is 0 Å². The molecule has 0 saturated carbocycles. The van der Waals surface area contributed by atoms with Crippen LogP contribution in [0.5, 0.6) is 11.5 Å². The molecule has 1 N–H and O–H groups in total. The number of halogens is 2. The molecular formula is C17H11F2N3O4S. The van der Waals surface area contributed by atoms with Gasteiger partial charge in [-0.25, -0.2) is 8.78 Å². The van der Waals surface area contributed by atoms with Gasteiger partial charge < -0.3 is 19.2 Å². The summed E-state index contributed by atoms with van der Waals surface area (Å²) in [6.45, 7) is 0.163.